The molecule has 0 aliphatic carbocycles. The maximum Gasteiger partial charge on any atom is 0.122 e. The lowest BCUT2D eigenvalue weighted by Gasteiger charge is -2.32. The molecule has 0 aliphatic heterocycles. The number of rotatable bonds is 7. The van der Waals surface area contributed by atoms with Crippen LogP contribution in [0.3, 0.4) is 0 Å². The Balaban J connectivity index is 3.09. The SMILES string of the molecule is CCC(C)N(C)C(CN)c1cc(OC)cc(OC)c1. The molecule has 0 radical (unpaired) electrons. The molecule has 0 fully saturated rings. The summed E-state index contributed by atoms with van der Waals surface area (Å²) in [4.78, 5) is 2.30. The molecule has 2 N–H and O–H groups in total. The molecule has 4 heteroatoms. The molecule has 19 heavy (non-hydrogen) atoms. The Kier molecular flexibility index (Phi) is 6.12. The Morgan fingerprint density at radius 2 is 1.68 bits per heavy atom. The fraction of sp³-hybridized carbons (Fsp3) is 0.600. The molecule has 1 rings (SSSR count). The van der Waals surface area contributed by atoms with E-state index < -0.39 is 0 Å². The van der Waals surface area contributed by atoms with Gasteiger partial charge in [-0.15, -0.1) is 0 Å². The van der Waals surface area contributed by atoms with E-state index in [-0.39, 0.29) is 6.04 Å². The molecule has 0 bridgehead atoms. The molecule has 0 amide bonds. The van der Waals surface area contributed by atoms with Gasteiger partial charge < -0.3 is 15.2 Å². The Labute approximate surface area is 116 Å². The van der Waals surface area contributed by atoms with Crippen molar-refractivity contribution in [1.29, 1.82) is 0 Å². The zero-order chi connectivity index (χ0) is 14.4. The Morgan fingerprint density at radius 3 is 2.05 bits per heavy atom. The van der Waals surface area contributed by atoms with Gasteiger partial charge in [-0.2, -0.15) is 0 Å². The maximum absolute atomic E-state index is 5.96. The lowest BCUT2D eigenvalue weighted by molar-refractivity contribution is 0.184. The summed E-state index contributed by atoms with van der Waals surface area (Å²) in [7, 11) is 5.43. The van der Waals surface area contributed by atoms with E-state index in [9.17, 15) is 0 Å². The quantitative estimate of drug-likeness (QED) is 0.823. The minimum atomic E-state index is 0.166. The molecule has 0 heterocycles. The minimum absolute atomic E-state index is 0.166. The first-order valence-corrected chi connectivity index (χ1v) is 6.72. The molecule has 0 spiro atoms. The smallest absolute Gasteiger partial charge is 0.122 e. The Morgan fingerprint density at radius 1 is 1.16 bits per heavy atom. The average Bonchev–Trinajstić information content (AvgIpc) is 2.46. The van der Waals surface area contributed by atoms with E-state index in [1.165, 1.54) is 0 Å². The van der Waals surface area contributed by atoms with Crippen LogP contribution in [0.4, 0.5) is 0 Å². The Hall–Kier alpha value is -1.26. The van der Waals surface area contributed by atoms with Gasteiger partial charge in [0.25, 0.3) is 0 Å². The fourth-order valence-corrected chi connectivity index (χ4v) is 2.15. The van der Waals surface area contributed by atoms with E-state index in [1.54, 1.807) is 14.2 Å². The number of nitrogens with zero attached hydrogens (tertiary/aromatic N) is 1. The normalized spacial score (nSPS) is 14.3. The van der Waals surface area contributed by atoms with E-state index in [2.05, 4.69) is 25.8 Å². The van der Waals surface area contributed by atoms with Crippen LogP contribution in [0.1, 0.15) is 31.9 Å². The van der Waals surface area contributed by atoms with Gasteiger partial charge in [-0.3, -0.25) is 4.90 Å². The van der Waals surface area contributed by atoms with Crippen molar-refractivity contribution in [3.8, 4) is 11.5 Å². The van der Waals surface area contributed by atoms with Crippen LogP contribution in [0.15, 0.2) is 18.2 Å². The first-order valence-electron chi connectivity index (χ1n) is 6.72. The van der Waals surface area contributed by atoms with Crippen LogP contribution < -0.4 is 15.2 Å². The second kappa shape index (κ2) is 7.36. The summed E-state index contributed by atoms with van der Waals surface area (Å²) in [6, 6.07) is 6.57. The summed E-state index contributed by atoms with van der Waals surface area (Å²) >= 11 is 0. The summed E-state index contributed by atoms with van der Waals surface area (Å²) in [6.07, 6.45) is 1.09. The van der Waals surface area contributed by atoms with Crippen LogP contribution in [0.5, 0.6) is 11.5 Å². The molecule has 0 aromatic heterocycles. The molecule has 4 nitrogen and oxygen atoms in total. The summed E-state index contributed by atoms with van der Waals surface area (Å²) < 4.78 is 10.6. The van der Waals surface area contributed by atoms with Gasteiger partial charge in [0.2, 0.25) is 0 Å². The van der Waals surface area contributed by atoms with E-state index in [4.69, 9.17) is 15.2 Å². The lowest BCUT2D eigenvalue weighted by Crippen LogP contribution is -2.36. The molecule has 1 aromatic rings. The molecule has 0 aliphatic rings. The lowest BCUT2D eigenvalue weighted by atomic mass is 10.0. The van der Waals surface area contributed by atoms with E-state index in [1.807, 2.05) is 18.2 Å². The third-order valence-corrected chi connectivity index (χ3v) is 3.76. The van der Waals surface area contributed by atoms with E-state index in [0.717, 1.165) is 23.5 Å². The van der Waals surface area contributed by atoms with Gasteiger partial charge in [-0.05, 0) is 38.1 Å². The van der Waals surface area contributed by atoms with E-state index in [0.29, 0.717) is 12.6 Å². The average molecular weight is 266 g/mol. The van der Waals surface area contributed by atoms with Crippen molar-refractivity contribution in [1.82, 2.24) is 4.90 Å². The van der Waals surface area contributed by atoms with Crippen molar-refractivity contribution < 1.29 is 9.47 Å². The predicted molar refractivity (Wildman–Crippen MR) is 78.9 cm³/mol. The number of hydrogen-bond donors (Lipinski definition) is 1. The second-order valence-corrected chi connectivity index (χ2v) is 4.82. The first-order chi connectivity index (χ1) is 9.07. The van der Waals surface area contributed by atoms with Crippen LogP contribution in [0.25, 0.3) is 0 Å². The number of nitrogens with two attached hydrogens (primary N) is 1. The largest absolute Gasteiger partial charge is 0.497 e. The minimum Gasteiger partial charge on any atom is -0.497 e. The van der Waals surface area contributed by atoms with E-state index >= 15 is 0 Å². The van der Waals surface area contributed by atoms with Crippen LogP contribution in [-0.2, 0) is 0 Å². The highest BCUT2D eigenvalue weighted by Crippen LogP contribution is 2.29. The topological polar surface area (TPSA) is 47.7 Å². The molecule has 0 saturated carbocycles. The van der Waals surface area contributed by atoms with Crippen molar-refractivity contribution >= 4 is 0 Å². The standard InChI is InChI=1S/C15H26N2O2/c1-6-11(2)17(3)15(10-16)12-7-13(18-4)9-14(8-12)19-5/h7-9,11,15H,6,10,16H2,1-5H3. The number of hydrogen-bond acceptors (Lipinski definition) is 4. The van der Waals surface area contributed by atoms with Gasteiger partial charge in [-0.25, -0.2) is 0 Å². The highest BCUT2D eigenvalue weighted by molar-refractivity contribution is 5.40. The molecular weight excluding hydrogens is 240 g/mol. The maximum atomic E-state index is 5.96. The molecule has 2 atom stereocenters. The van der Waals surface area contributed by atoms with Crippen LogP contribution in [0, 0.1) is 0 Å². The first kappa shape index (κ1) is 15.8. The van der Waals surface area contributed by atoms with Gasteiger partial charge in [0.1, 0.15) is 11.5 Å². The molecule has 2 unspecified atom stereocenters. The highest BCUT2D eigenvalue weighted by atomic mass is 16.5. The van der Waals surface area contributed by atoms with Crippen molar-refractivity contribution in [2.75, 3.05) is 27.8 Å². The van der Waals surface area contributed by atoms with Gasteiger partial charge in [0.05, 0.1) is 14.2 Å². The van der Waals surface area contributed by atoms with Crippen molar-refractivity contribution in [3.05, 3.63) is 23.8 Å². The molecule has 0 saturated heterocycles. The van der Waals surface area contributed by atoms with Crippen molar-refractivity contribution in [2.45, 2.75) is 32.4 Å². The molecule has 1 aromatic carbocycles. The Bertz CT molecular complexity index is 373. The van der Waals surface area contributed by atoms with Crippen LogP contribution >= 0.6 is 0 Å². The summed E-state index contributed by atoms with van der Waals surface area (Å²) in [5.74, 6) is 1.59. The van der Waals surface area contributed by atoms with Crippen LogP contribution in [0.2, 0.25) is 0 Å². The zero-order valence-corrected chi connectivity index (χ0v) is 12.6. The summed E-state index contributed by atoms with van der Waals surface area (Å²) in [6.45, 7) is 4.96. The molecule has 108 valence electrons. The number of ether oxygens (including phenoxy) is 2. The van der Waals surface area contributed by atoms with Gasteiger partial charge in [-0.1, -0.05) is 6.92 Å². The van der Waals surface area contributed by atoms with Gasteiger partial charge >= 0.3 is 0 Å². The van der Waals surface area contributed by atoms with Crippen molar-refractivity contribution in [2.24, 2.45) is 5.73 Å². The zero-order valence-electron chi connectivity index (χ0n) is 12.6. The number of likely N-dealkylation sites (N-methyl/N-ethyl adjacent to an activating group) is 1. The predicted octanol–water partition coefficient (Wildman–Crippen LogP) is 2.43. The number of methoxy groups -OCH3 is 2. The van der Waals surface area contributed by atoms with Gasteiger partial charge in [0.15, 0.2) is 0 Å². The molecular formula is C15H26N2O2. The summed E-state index contributed by atoms with van der Waals surface area (Å²) in [5.41, 5.74) is 7.08. The van der Waals surface area contributed by atoms with Crippen LogP contribution in [-0.4, -0.2) is 38.8 Å². The third kappa shape index (κ3) is 3.85. The van der Waals surface area contributed by atoms with Crippen molar-refractivity contribution in [3.63, 3.8) is 0 Å². The summed E-state index contributed by atoms with van der Waals surface area (Å²) in [5, 5.41) is 0. The van der Waals surface area contributed by atoms with Gasteiger partial charge in [0, 0.05) is 24.7 Å². The third-order valence-electron chi connectivity index (χ3n) is 3.76. The highest BCUT2D eigenvalue weighted by Gasteiger charge is 2.20. The number of benzene rings is 1. The fourth-order valence-electron chi connectivity index (χ4n) is 2.15. The monoisotopic (exact) mass is 266 g/mol. The second-order valence-electron chi connectivity index (χ2n) is 4.82.